The molecule has 0 saturated heterocycles. The summed E-state index contributed by atoms with van der Waals surface area (Å²) in [6, 6.07) is 20.8. The zero-order valence-corrected chi connectivity index (χ0v) is 15.3. The summed E-state index contributed by atoms with van der Waals surface area (Å²) >= 11 is 5.91. The molecule has 1 aliphatic carbocycles. The van der Waals surface area contributed by atoms with Gasteiger partial charge in [-0.2, -0.15) is 0 Å². The van der Waals surface area contributed by atoms with Gasteiger partial charge in [0.15, 0.2) is 6.61 Å². The molecule has 3 aromatic rings. The number of ether oxygens (including phenoxy) is 1. The van der Waals surface area contributed by atoms with Crippen LogP contribution in [0.25, 0.3) is 10.8 Å². The highest BCUT2D eigenvalue weighted by Crippen LogP contribution is 2.49. The Labute approximate surface area is 162 Å². The summed E-state index contributed by atoms with van der Waals surface area (Å²) in [6.45, 7) is -0.305. The van der Waals surface area contributed by atoms with Crippen LogP contribution < -0.4 is 5.32 Å². The van der Waals surface area contributed by atoms with Gasteiger partial charge in [0, 0.05) is 10.7 Å². The van der Waals surface area contributed by atoms with Gasteiger partial charge in [-0.25, -0.2) is 0 Å². The topological polar surface area (TPSA) is 55.4 Å². The number of benzene rings is 3. The molecule has 27 heavy (non-hydrogen) atoms. The number of carbonyl (C=O) groups is 2. The number of halogens is 1. The summed E-state index contributed by atoms with van der Waals surface area (Å²) in [5.41, 5.74) is 0.925. The summed E-state index contributed by atoms with van der Waals surface area (Å²) < 4.78 is 5.29. The first-order chi connectivity index (χ1) is 13.1. The zero-order valence-electron chi connectivity index (χ0n) is 14.6. The Hall–Kier alpha value is -2.85. The van der Waals surface area contributed by atoms with Crippen molar-refractivity contribution in [3.8, 4) is 0 Å². The molecule has 0 spiro atoms. The van der Waals surface area contributed by atoms with E-state index in [1.807, 2.05) is 54.6 Å². The predicted octanol–water partition coefficient (Wildman–Crippen LogP) is 4.71. The maximum absolute atomic E-state index is 12.5. The van der Waals surface area contributed by atoms with Gasteiger partial charge >= 0.3 is 5.97 Å². The second-order valence-corrected chi connectivity index (χ2v) is 7.21. The average molecular weight is 380 g/mol. The van der Waals surface area contributed by atoms with E-state index in [0.29, 0.717) is 10.7 Å². The predicted molar refractivity (Wildman–Crippen MR) is 106 cm³/mol. The molecule has 3 aromatic carbocycles. The van der Waals surface area contributed by atoms with Gasteiger partial charge in [-0.05, 0) is 53.4 Å². The highest BCUT2D eigenvalue weighted by atomic mass is 35.5. The van der Waals surface area contributed by atoms with Crippen LogP contribution in [-0.2, 0) is 19.7 Å². The summed E-state index contributed by atoms with van der Waals surface area (Å²) in [4.78, 5) is 24.7. The molecule has 0 aromatic heterocycles. The van der Waals surface area contributed by atoms with Crippen molar-refractivity contribution < 1.29 is 14.3 Å². The number of hydrogen-bond donors (Lipinski definition) is 1. The molecular formula is C22H18ClNO3. The van der Waals surface area contributed by atoms with Crippen LogP contribution in [-0.4, -0.2) is 18.5 Å². The van der Waals surface area contributed by atoms with Crippen molar-refractivity contribution in [1.29, 1.82) is 0 Å². The van der Waals surface area contributed by atoms with Crippen LogP contribution in [0, 0.1) is 0 Å². The van der Waals surface area contributed by atoms with Gasteiger partial charge in [-0.15, -0.1) is 0 Å². The van der Waals surface area contributed by atoms with E-state index in [-0.39, 0.29) is 18.5 Å². The number of amides is 1. The van der Waals surface area contributed by atoms with E-state index in [1.165, 1.54) is 0 Å². The summed E-state index contributed by atoms with van der Waals surface area (Å²) in [7, 11) is 0. The lowest BCUT2D eigenvalue weighted by molar-refractivity contribution is -0.150. The molecule has 4 nitrogen and oxygen atoms in total. The minimum Gasteiger partial charge on any atom is -0.455 e. The maximum Gasteiger partial charge on any atom is 0.317 e. The lowest BCUT2D eigenvalue weighted by Crippen LogP contribution is -2.28. The number of rotatable bonds is 5. The molecule has 0 unspecified atom stereocenters. The molecule has 1 aliphatic rings. The van der Waals surface area contributed by atoms with E-state index in [9.17, 15) is 9.59 Å². The smallest absolute Gasteiger partial charge is 0.317 e. The van der Waals surface area contributed by atoms with Crippen LogP contribution >= 0.6 is 11.6 Å². The number of nitrogens with one attached hydrogen (secondary N) is 1. The van der Waals surface area contributed by atoms with E-state index in [2.05, 4.69) is 5.32 Å². The van der Waals surface area contributed by atoms with Crippen molar-refractivity contribution in [1.82, 2.24) is 0 Å². The second kappa shape index (κ2) is 7.05. The van der Waals surface area contributed by atoms with Crippen molar-refractivity contribution in [2.24, 2.45) is 0 Å². The Bertz CT molecular complexity index is 1010. The normalized spacial score (nSPS) is 14.6. The third-order valence-corrected chi connectivity index (χ3v) is 5.16. The lowest BCUT2D eigenvalue weighted by Gasteiger charge is -2.15. The largest absolute Gasteiger partial charge is 0.455 e. The Morgan fingerprint density at radius 3 is 2.37 bits per heavy atom. The molecule has 0 heterocycles. The van der Waals surface area contributed by atoms with Crippen LogP contribution in [0.1, 0.15) is 18.4 Å². The molecule has 0 radical (unpaired) electrons. The zero-order chi connectivity index (χ0) is 18.9. The Balaban J connectivity index is 1.37. The van der Waals surface area contributed by atoms with Crippen LogP contribution in [0.15, 0.2) is 66.7 Å². The molecule has 1 N–H and O–H groups in total. The van der Waals surface area contributed by atoms with Gasteiger partial charge in [-0.3, -0.25) is 9.59 Å². The van der Waals surface area contributed by atoms with E-state index >= 15 is 0 Å². The van der Waals surface area contributed by atoms with Crippen LogP contribution in [0.3, 0.4) is 0 Å². The molecule has 1 amide bonds. The van der Waals surface area contributed by atoms with Crippen LogP contribution in [0.4, 0.5) is 5.69 Å². The lowest BCUT2D eigenvalue weighted by atomic mass is 9.96. The molecule has 4 rings (SSSR count). The van der Waals surface area contributed by atoms with E-state index in [1.54, 1.807) is 12.1 Å². The molecule has 0 bridgehead atoms. The Kier molecular flexibility index (Phi) is 4.58. The number of carbonyl (C=O) groups excluding carboxylic acids is 2. The molecule has 5 heteroatoms. The van der Waals surface area contributed by atoms with Crippen molar-refractivity contribution in [2.45, 2.75) is 18.3 Å². The molecule has 136 valence electrons. The molecular weight excluding hydrogens is 362 g/mol. The molecule has 1 saturated carbocycles. The summed E-state index contributed by atoms with van der Waals surface area (Å²) in [5.74, 6) is -0.718. The third-order valence-electron chi connectivity index (χ3n) is 4.91. The average Bonchev–Trinajstić information content (AvgIpc) is 3.48. The van der Waals surface area contributed by atoms with Gasteiger partial charge in [0.05, 0.1) is 5.41 Å². The highest BCUT2D eigenvalue weighted by Gasteiger charge is 2.52. The molecule has 1 fully saturated rings. The van der Waals surface area contributed by atoms with Gasteiger partial charge < -0.3 is 10.1 Å². The fraction of sp³-hybridized carbons (Fsp3) is 0.182. The van der Waals surface area contributed by atoms with Crippen molar-refractivity contribution in [3.05, 3.63) is 77.3 Å². The first kappa shape index (κ1) is 17.6. The molecule has 0 atom stereocenters. The SMILES string of the molecule is O=C(COC(=O)C1(c2ccc(Cl)cc2)CC1)Nc1ccc2ccccc2c1. The van der Waals surface area contributed by atoms with Crippen molar-refractivity contribution >= 4 is 39.9 Å². The van der Waals surface area contributed by atoms with Crippen molar-refractivity contribution in [3.63, 3.8) is 0 Å². The fourth-order valence-electron chi connectivity index (χ4n) is 3.24. The minimum atomic E-state index is -0.631. The second-order valence-electron chi connectivity index (χ2n) is 6.78. The van der Waals surface area contributed by atoms with E-state index in [0.717, 1.165) is 29.2 Å². The van der Waals surface area contributed by atoms with E-state index in [4.69, 9.17) is 16.3 Å². The third kappa shape index (κ3) is 3.67. The first-order valence-electron chi connectivity index (χ1n) is 8.79. The van der Waals surface area contributed by atoms with Gasteiger partial charge in [0.1, 0.15) is 0 Å². The van der Waals surface area contributed by atoms with Gasteiger partial charge in [0.2, 0.25) is 0 Å². The Morgan fingerprint density at radius 2 is 1.67 bits per heavy atom. The first-order valence-corrected chi connectivity index (χ1v) is 9.17. The number of esters is 1. The quantitative estimate of drug-likeness (QED) is 0.653. The van der Waals surface area contributed by atoms with Gasteiger partial charge in [-0.1, -0.05) is 54.1 Å². The minimum absolute atomic E-state index is 0.305. The van der Waals surface area contributed by atoms with Crippen molar-refractivity contribution in [2.75, 3.05) is 11.9 Å². The fourth-order valence-corrected chi connectivity index (χ4v) is 3.36. The van der Waals surface area contributed by atoms with Gasteiger partial charge in [0.25, 0.3) is 5.91 Å². The maximum atomic E-state index is 12.5. The monoisotopic (exact) mass is 379 g/mol. The summed E-state index contributed by atoms with van der Waals surface area (Å²) in [6.07, 6.45) is 1.44. The molecule has 0 aliphatic heterocycles. The standard InChI is InChI=1S/C22H18ClNO3/c23-18-8-6-17(7-9-18)22(11-12-22)21(26)27-14-20(25)24-19-10-5-15-3-1-2-4-16(15)13-19/h1-10,13H,11-12,14H2,(H,24,25). The number of hydrogen-bond acceptors (Lipinski definition) is 3. The van der Waals surface area contributed by atoms with Crippen LogP contribution in [0.2, 0.25) is 5.02 Å². The Morgan fingerprint density at radius 1 is 0.963 bits per heavy atom. The summed E-state index contributed by atoms with van der Waals surface area (Å²) in [5, 5.41) is 5.53. The highest BCUT2D eigenvalue weighted by molar-refractivity contribution is 6.30. The van der Waals surface area contributed by atoms with E-state index < -0.39 is 5.41 Å². The van der Waals surface area contributed by atoms with Crippen LogP contribution in [0.5, 0.6) is 0 Å². The number of anilines is 1. The number of fused-ring (bicyclic) bond motifs is 1.